The minimum absolute atomic E-state index is 0.0888. The van der Waals surface area contributed by atoms with Gasteiger partial charge in [0, 0.05) is 0 Å². The number of nitrogens with zero attached hydrogens (tertiary/aromatic N) is 3. The number of carbonyl (C=O) groups excluding carboxylic acids is 1. The zero-order valence-electron chi connectivity index (χ0n) is 13.1. The molecule has 6 nitrogen and oxygen atoms in total. The molecule has 0 spiro atoms. The summed E-state index contributed by atoms with van der Waals surface area (Å²) in [5.41, 5.74) is 3.84. The van der Waals surface area contributed by atoms with Gasteiger partial charge < -0.3 is 13.7 Å². The van der Waals surface area contributed by atoms with E-state index in [0.717, 1.165) is 29.8 Å². The Balaban J connectivity index is 1.59. The van der Waals surface area contributed by atoms with Crippen molar-refractivity contribution in [1.82, 2.24) is 14.9 Å². The fourth-order valence-electron chi connectivity index (χ4n) is 3.27. The van der Waals surface area contributed by atoms with Gasteiger partial charge in [0.15, 0.2) is 12.8 Å². The summed E-state index contributed by atoms with van der Waals surface area (Å²) >= 11 is 0. The molecular formula is C18H17N3O3. The Morgan fingerprint density at radius 3 is 2.38 bits per heavy atom. The lowest BCUT2D eigenvalue weighted by atomic mass is 9.99. The maximum absolute atomic E-state index is 13.2. The van der Waals surface area contributed by atoms with E-state index in [-0.39, 0.29) is 11.8 Å². The van der Waals surface area contributed by atoms with Gasteiger partial charge in [0.1, 0.15) is 12.5 Å². The third kappa shape index (κ3) is 2.82. The fourth-order valence-corrected chi connectivity index (χ4v) is 3.27. The third-order valence-corrected chi connectivity index (χ3v) is 4.42. The van der Waals surface area contributed by atoms with E-state index in [1.165, 1.54) is 18.4 Å². The molecular weight excluding hydrogens is 306 g/mol. The van der Waals surface area contributed by atoms with E-state index in [2.05, 4.69) is 22.1 Å². The molecule has 0 N–H and O–H groups in total. The van der Waals surface area contributed by atoms with Gasteiger partial charge in [0.2, 0.25) is 5.91 Å². The molecule has 6 heteroatoms. The van der Waals surface area contributed by atoms with Crippen LogP contribution in [0.2, 0.25) is 0 Å². The molecule has 0 saturated carbocycles. The highest BCUT2D eigenvalue weighted by atomic mass is 16.3. The Kier molecular flexibility index (Phi) is 3.86. The van der Waals surface area contributed by atoms with E-state index < -0.39 is 0 Å². The first-order valence-corrected chi connectivity index (χ1v) is 7.92. The van der Waals surface area contributed by atoms with Crippen molar-refractivity contribution in [2.24, 2.45) is 0 Å². The molecule has 0 fully saturated rings. The quantitative estimate of drug-likeness (QED) is 0.722. The molecule has 1 aliphatic carbocycles. The number of rotatable bonds is 5. The van der Waals surface area contributed by atoms with E-state index in [9.17, 15) is 4.79 Å². The van der Waals surface area contributed by atoms with Gasteiger partial charge in [-0.1, -0.05) is 24.3 Å². The molecule has 24 heavy (non-hydrogen) atoms. The van der Waals surface area contributed by atoms with Crippen molar-refractivity contribution in [3.63, 3.8) is 0 Å². The summed E-state index contributed by atoms with van der Waals surface area (Å²) in [6, 6.07) is 8.16. The van der Waals surface area contributed by atoms with Gasteiger partial charge in [0.05, 0.1) is 30.4 Å². The van der Waals surface area contributed by atoms with Gasteiger partial charge in [-0.3, -0.25) is 4.79 Å². The molecule has 2 aromatic heterocycles. The number of amides is 1. The molecule has 0 unspecified atom stereocenters. The second-order valence-electron chi connectivity index (χ2n) is 5.94. The molecule has 2 heterocycles. The summed E-state index contributed by atoms with van der Waals surface area (Å²) in [6.45, 7) is 0.779. The van der Waals surface area contributed by atoms with Crippen molar-refractivity contribution >= 4 is 5.91 Å². The Labute approximate surface area is 139 Å². The normalized spacial score (nSPS) is 16.1. The number of carbonyl (C=O) groups is 1. The maximum Gasteiger partial charge on any atom is 0.230 e. The van der Waals surface area contributed by atoms with Crippen molar-refractivity contribution in [1.29, 1.82) is 0 Å². The maximum atomic E-state index is 13.2. The van der Waals surface area contributed by atoms with Gasteiger partial charge in [-0.15, -0.1) is 0 Å². The van der Waals surface area contributed by atoms with E-state index in [1.54, 1.807) is 17.4 Å². The predicted octanol–water partition coefficient (Wildman–Crippen LogP) is 2.92. The highest BCUT2D eigenvalue weighted by molar-refractivity contribution is 5.85. The molecule has 122 valence electrons. The Hall–Kier alpha value is -2.89. The summed E-state index contributed by atoms with van der Waals surface area (Å²) in [6.07, 6.45) is 7.65. The van der Waals surface area contributed by atoms with Crippen LogP contribution in [-0.4, -0.2) is 20.8 Å². The molecule has 4 rings (SSSR count). The van der Waals surface area contributed by atoms with Gasteiger partial charge in [-0.05, 0) is 24.0 Å². The molecule has 1 amide bonds. The zero-order valence-corrected chi connectivity index (χ0v) is 13.1. The van der Waals surface area contributed by atoms with Crippen molar-refractivity contribution in [3.05, 3.63) is 72.1 Å². The molecule has 0 radical (unpaired) electrons. The fraction of sp³-hybridized carbons (Fsp3) is 0.278. The Morgan fingerprint density at radius 1 is 1.08 bits per heavy atom. The average Bonchev–Trinajstić information content (AvgIpc) is 3.35. The number of fused-ring (bicyclic) bond motifs is 1. The lowest BCUT2D eigenvalue weighted by molar-refractivity contribution is -0.134. The summed E-state index contributed by atoms with van der Waals surface area (Å²) < 4.78 is 10.1. The van der Waals surface area contributed by atoms with Crippen LogP contribution in [0.1, 0.15) is 34.9 Å². The number of hydrogen-bond donors (Lipinski definition) is 0. The standard InChI is InChI=1S/C18H17N3O3/c22-18(17-6-5-13-3-1-2-4-16(13)17)21(7-14-9-23-11-19-14)8-15-10-24-12-20-15/h1-4,9-12,17H,5-8H2/t17-/m1/s1. The predicted molar refractivity (Wildman–Crippen MR) is 84.8 cm³/mol. The highest BCUT2D eigenvalue weighted by Crippen LogP contribution is 2.34. The molecule has 1 aliphatic rings. The Morgan fingerprint density at radius 2 is 1.75 bits per heavy atom. The van der Waals surface area contributed by atoms with Crippen molar-refractivity contribution in [3.8, 4) is 0 Å². The molecule has 0 aliphatic heterocycles. The van der Waals surface area contributed by atoms with Crippen LogP contribution in [0, 0.1) is 0 Å². The van der Waals surface area contributed by atoms with Crippen molar-refractivity contribution in [2.75, 3.05) is 0 Å². The summed E-state index contributed by atoms with van der Waals surface area (Å²) in [7, 11) is 0. The van der Waals surface area contributed by atoms with Crippen LogP contribution in [-0.2, 0) is 24.3 Å². The topological polar surface area (TPSA) is 72.4 Å². The molecule has 1 atom stereocenters. The van der Waals surface area contributed by atoms with Gasteiger partial charge >= 0.3 is 0 Å². The van der Waals surface area contributed by atoms with Crippen LogP contribution < -0.4 is 0 Å². The first kappa shape index (κ1) is 14.7. The lowest BCUT2D eigenvalue weighted by Crippen LogP contribution is -2.34. The summed E-state index contributed by atoms with van der Waals surface area (Å²) in [5.74, 6) is -0.0223. The molecule has 3 aromatic rings. The lowest BCUT2D eigenvalue weighted by Gasteiger charge is -2.24. The summed E-state index contributed by atoms with van der Waals surface area (Å²) in [5, 5.41) is 0. The molecule has 0 bridgehead atoms. The van der Waals surface area contributed by atoms with Crippen molar-refractivity contribution < 1.29 is 13.6 Å². The van der Waals surface area contributed by atoms with Gasteiger partial charge in [0.25, 0.3) is 0 Å². The highest BCUT2D eigenvalue weighted by Gasteiger charge is 2.32. The number of aryl methyl sites for hydroxylation is 1. The third-order valence-electron chi connectivity index (χ3n) is 4.42. The van der Waals surface area contributed by atoms with Crippen LogP contribution in [0.15, 0.2) is 58.4 Å². The largest absolute Gasteiger partial charge is 0.451 e. The number of benzene rings is 1. The van der Waals surface area contributed by atoms with Crippen LogP contribution >= 0.6 is 0 Å². The van der Waals surface area contributed by atoms with Crippen LogP contribution in [0.4, 0.5) is 0 Å². The van der Waals surface area contributed by atoms with Crippen molar-refractivity contribution in [2.45, 2.75) is 31.8 Å². The molecule has 0 saturated heterocycles. The van der Waals surface area contributed by atoms with E-state index in [0.29, 0.717) is 13.1 Å². The number of oxazole rings is 2. The van der Waals surface area contributed by atoms with Gasteiger partial charge in [-0.2, -0.15) is 0 Å². The van der Waals surface area contributed by atoms with Crippen LogP contribution in [0.3, 0.4) is 0 Å². The smallest absolute Gasteiger partial charge is 0.230 e. The monoisotopic (exact) mass is 323 g/mol. The van der Waals surface area contributed by atoms with Crippen LogP contribution in [0.5, 0.6) is 0 Å². The van der Waals surface area contributed by atoms with E-state index in [4.69, 9.17) is 8.83 Å². The second-order valence-corrected chi connectivity index (χ2v) is 5.94. The first-order valence-electron chi connectivity index (χ1n) is 7.92. The zero-order chi connectivity index (χ0) is 16.4. The summed E-state index contributed by atoms with van der Waals surface area (Å²) in [4.78, 5) is 23.2. The molecule has 1 aromatic carbocycles. The van der Waals surface area contributed by atoms with Crippen LogP contribution in [0.25, 0.3) is 0 Å². The Bertz CT molecular complexity index is 776. The average molecular weight is 323 g/mol. The van der Waals surface area contributed by atoms with E-state index >= 15 is 0 Å². The minimum atomic E-state index is -0.111. The van der Waals surface area contributed by atoms with E-state index in [1.807, 2.05) is 12.1 Å². The number of aromatic nitrogens is 2. The first-order chi connectivity index (χ1) is 11.8. The SMILES string of the molecule is O=C([C@@H]1CCc2ccccc21)N(Cc1cocn1)Cc1cocn1. The second kappa shape index (κ2) is 6.31. The minimum Gasteiger partial charge on any atom is -0.451 e. The van der Waals surface area contributed by atoms with Gasteiger partial charge in [-0.25, -0.2) is 9.97 Å². The number of hydrogen-bond acceptors (Lipinski definition) is 5.